The number of ether oxygens (including phenoxy) is 1. The summed E-state index contributed by atoms with van der Waals surface area (Å²) >= 11 is 0. The fourth-order valence-corrected chi connectivity index (χ4v) is 2.65. The van der Waals surface area contributed by atoms with Crippen LogP contribution in [-0.4, -0.2) is 45.2 Å². The van der Waals surface area contributed by atoms with Crippen LogP contribution in [-0.2, 0) is 17.8 Å². The van der Waals surface area contributed by atoms with Crippen LogP contribution in [0, 0.1) is 0 Å². The van der Waals surface area contributed by atoms with E-state index in [1.807, 2.05) is 24.3 Å². The van der Waals surface area contributed by atoms with Gasteiger partial charge < -0.3 is 14.7 Å². The van der Waals surface area contributed by atoms with Gasteiger partial charge in [0, 0.05) is 19.0 Å². The van der Waals surface area contributed by atoms with Gasteiger partial charge in [0.1, 0.15) is 6.04 Å². The van der Waals surface area contributed by atoms with Gasteiger partial charge >= 0.3 is 5.97 Å². The molecule has 1 atom stereocenters. The fourth-order valence-electron chi connectivity index (χ4n) is 2.65. The molecule has 0 saturated heterocycles. The number of aliphatic carboxylic acids is 1. The predicted octanol–water partition coefficient (Wildman–Crippen LogP) is 1.14. The van der Waals surface area contributed by atoms with E-state index in [-0.39, 0.29) is 18.7 Å². The summed E-state index contributed by atoms with van der Waals surface area (Å²) in [7, 11) is 1.45. The summed E-state index contributed by atoms with van der Waals surface area (Å²) in [6.07, 6.45) is 0.279. The number of carboxylic acid groups (broad SMARTS) is 1. The number of hydrogen-bond donors (Lipinski definition) is 1. The minimum atomic E-state index is -1.03. The molecule has 1 N–H and O–H groups in total. The number of benzene rings is 1. The average Bonchev–Trinajstić information content (AvgIpc) is 2.60. The van der Waals surface area contributed by atoms with Gasteiger partial charge in [0.2, 0.25) is 5.88 Å². The lowest BCUT2D eigenvalue weighted by atomic mass is 9.93. The molecular weight excluding hydrogens is 298 g/mol. The Balaban J connectivity index is 1.92. The van der Waals surface area contributed by atoms with Crippen molar-refractivity contribution in [3.63, 3.8) is 0 Å². The van der Waals surface area contributed by atoms with Crippen LogP contribution in [0.1, 0.15) is 21.6 Å². The van der Waals surface area contributed by atoms with Crippen LogP contribution >= 0.6 is 0 Å². The molecule has 3 rings (SSSR count). The zero-order valence-corrected chi connectivity index (χ0v) is 12.5. The molecule has 0 saturated carbocycles. The summed E-state index contributed by atoms with van der Waals surface area (Å²) in [5.74, 6) is -1.20. The highest BCUT2D eigenvalue weighted by Gasteiger charge is 2.35. The van der Waals surface area contributed by atoms with Gasteiger partial charge in [0.15, 0.2) is 5.69 Å². The molecule has 1 unspecified atom stereocenters. The van der Waals surface area contributed by atoms with Crippen LogP contribution in [0.25, 0.3) is 0 Å². The van der Waals surface area contributed by atoms with Gasteiger partial charge in [-0.1, -0.05) is 24.3 Å². The summed E-state index contributed by atoms with van der Waals surface area (Å²) in [4.78, 5) is 25.5. The third-order valence-electron chi connectivity index (χ3n) is 3.86. The van der Waals surface area contributed by atoms with Crippen LogP contribution in [0.3, 0.4) is 0 Å². The molecule has 2 aromatic rings. The van der Waals surface area contributed by atoms with E-state index in [1.165, 1.54) is 24.1 Å². The summed E-state index contributed by atoms with van der Waals surface area (Å²) < 4.78 is 4.91. The first-order valence-electron chi connectivity index (χ1n) is 7.08. The van der Waals surface area contributed by atoms with Crippen molar-refractivity contribution in [3.8, 4) is 5.88 Å². The lowest BCUT2D eigenvalue weighted by Gasteiger charge is -2.34. The Hall–Kier alpha value is -2.96. The maximum atomic E-state index is 12.6. The van der Waals surface area contributed by atoms with Crippen molar-refractivity contribution in [3.05, 3.63) is 53.2 Å². The van der Waals surface area contributed by atoms with Gasteiger partial charge in [-0.05, 0) is 17.2 Å². The first-order valence-corrected chi connectivity index (χ1v) is 7.08. The number of carbonyl (C=O) groups is 2. The molecule has 7 heteroatoms. The van der Waals surface area contributed by atoms with Gasteiger partial charge in [-0.3, -0.25) is 4.79 Å². The highest BCUT2D eigenvalue weighted by Crippen LogP contribution is 2.25. The predicted molar refractivity (Wildman–Crippen MR) is 80.0 cm³/mol. The van der Waals surface area contributed by atoms with Crippen LogP contribution in [0.5, 0.6) is 5.88 Å². The van der Waals surface area contributed by atoms with Gasteiger partial charge in [-0.15, -0.1) is 10.2 Å². The number of carboxylic acids is 1. The van der Waals surface area contributed by atoms with Crippen molar-refractivity contribution in [2.45, 2.75) is 19.0 Å². The second kappa shape index (κ2) is 6.04. The van der Waals surface area contributed by atoms with E-state index in [2.05, 4.69) is 10.2 Å². The van der Waals surface area contributed by atoms with Gasteiger partial charge in [-0.2, -0.15) is 0 Å². The third kappa shape index (κ3) is 2.85. The highest BCUT2D eigenvalue weighted by atomic mass is 16.5. The molecule has 1 aromatic carbocycles. The van der Waals surface area contributed by atoms with E-state index in [4.69, 9.17) is 4.74 Å². The number of amides is 1. The molecule has 1 amide bonds. The SMILES string of the molecule is COc1ccc(C(=O)N2Cc3ccccc3CC2C(=O)O)nn1. The standard InChI is InChI=1S/C16H15N3O4/c1-23-14-7-6-12(17-18-14)15(20)19-9-11-5-3-2-4-10(11)8-13(19)16(21)22/h2-7,13H,8-9H2,1H3,(H,21,22). The molecule has 1 aliphatic rings. The van der Waals surface area contributed by atoms with Crippen molar-refractivity contribution in [1.29, 1.82) is 0 Å². The molecule has 1 aromatic heterocycles. The fraction of sp³-hybridized carbons (Fsp3) is 0.250. The molecule has 0 aliphatic carbocycles. The minimum absolute atomic E-state index is 0.0939. The van der Waals surface area contributed by atoms with Crippen LogP contribution < -0.4 is 4.74 Å². The quantitative estimate of drug-likeness (QED) is 0.913. The Morgan fingerprint density at radius 1 is 1.17 bits per heavy atom. The van der Waals surface area contributed by atoms with Crippen molar-refractivity contribution in [1.82, 2.24) is 15.1 Å². The van der Waals surface area contributed by atoms with E-state index >= 15 is 0 Å². The molecule has 0 spiro atoms. The van der Waals surface area contributed by atoms with Gasteiger partial charge in [0.25, 0.3) is 5.91 Å². The average molecular weight is 313 g/mol. The van der Waals surface area contributed by atoms with Crippen molar-refractivity contribution in [2.75, 3.05) is 7.11 Å². The normalized spacial score (nSPS) is 16.6. The van der Waals surface area contributed by atoms with Crippen LogP contribution in [0.2, 0.25) is 0 Å². The number of methoxy groups -OCH3 is 1. The zero-order valence-electron chi connectivity index (χ0n) is 12.5. The van der Waals surface area contributed by atoms with E-state index in [1.54, 1.807) is 0 Å². The lowest BCUT2D eigenvalue weighted by molar-refractivity contribution is -0.142. The number of nitrogens with zero attached hydrogens (tertiary/aromatic N) is 3. The smallest absolute Gasteiger partial charge is 0.326 e. The Bertz CT molecular complexity index is 745. The summed E-state index contributed by atoms with van der Waals surface area (Å²) in [5.41, 5.74) is 1.99. The first kappa shape index (κ1) is 15.0. The molecule has 23 heavy (non-hydrogen) atoms. The Morgan fingerprint density at radius 2 is 1.91 bits per heavy atom. The number of aromatic nitrogens is 2. The van der Waals surface area contributed by atoms with E-state index in [0.717, 1.165) is 11.1 Å². The summed E-state index contributed by atoms with van der Waals surface area (Å²) in [6.45, 7) is 0.236. The van der Waals surface area contributed by atoms with Gasteiger partial charge in [0.05, 0.1) is 7.11 Å². The molecule has 0 fully saturated rings. The maximum absolute atomic E-state index is 12.6. The minimum Gasteiger partial charge on any atom is -0.480 e. The Kier molecular flexibility index (Phi) is 3.92. The van der Waals surface area contributed by atoms with Gasteiger partial charge in [-0.25, -0.2) is 4.79 Å². The Labute approximate surface area is 132 Å². The maximum Gasteiger partial charge on any atom is 0.326 e. The molecule has 0 bridgehead atoms. The van der Waals surface area contributed by atoms with Crippen molar-refractivity contribution >= 4 is 11.9 Å². The van der Waals surface area contributed by atoms with Crippen LogP contribution in [0.4, 0.5) is 0 Å². The molecular formula is C16H15N3O4. The van der Waals surface area contributed by atoms with E-state index < -0.39 is 17.9 Å². The number of hydrogen-bond acceptors (Lipinski definition) is 5. The topological polar surface area (TPSA) is 92.6 Å². The number of fused-ring (bicyclic) bond motifs is 1. The van der Waals surface area contributed by atoms with Crippen molar-refractivity contribution in [2.24, 2.45) is 0 Å². The third-order valence-corrected chi connectivity index (χ3v) is 3.86. The van der Waals surface area contributed by atoms with E-state index in [0.29, 0.717) is 5.88 Å². The molecule has 2 heterocycles. The second-order valence-corrected chi connectivity index (χ2v) is 5.22. The lowest BCUT2D eigenvalue weighted by Crippen LogP contribution is -2.48. The van der Waals surface area contributed by atoms with Crippen LogP contribution in [0.15, 0.2) is 36.4 Å². The number of rotatable bonds is 3. The largest absolute Gasteiger partial charge is 0.480 e. The Morgan fingerprint density at radius 3 is 2.52 bits per heavy atom. The van der Waals surface area contributed by atoms with Crippen molar-refractivity contribution < 1.29 is 19.4 Å². The molecule has 7 nitrogen and oxygen atoms in total. The highest BCUT2D eigenvalue weighted by molar-refractivity contribution is 5.95. The molecule has 1 aliphatic heterocycles. The summed E-state index contributed by atoms with van der Waals surface area (Å²) in [5, 5.41) is 17.0. The van der Waals surface area contributed by atoms with E-state index in [9.17, 15) is 14.7 Å². The molecule has 118 valence electrons. The first-order chi connectivity index (χ1) is 11.1. The number of carbonyl (C=O) groups excluding carboxylic acids is 1. The molecule has 0 radical (unpaired) electrons. The summed E-state index contributed by atoms with van der Waals surface area (Å²) in [6, 6.07) is 9.61. The zero-order chi connectivity index (χ0) is 16.4. The monoisotopic (exact) mass is 313 g/mol. The second-order valence-electron chi connectivity index (χ2n) is 5.22.